The molecular weight excluding hydrogens is 1120 g/mol. The largest absolute Gasteiger partial charge is 0.463 e. The van der Waals surface area contributed by atoms with E-state index in [1.807, 2.05) is 26.8 Å². The van der Waals surface area contributed by atoms with E-state index in [4.69, 9.17) is 29.1 Å². The number of allylic oxidation sites excluding steroid dienone is 7. The summed E-state index contributed by atoms with van der Waals surface area (Å²) in [5.74, 6) is 0.222. The number of esters is 1. The maximum Gasteiger partial charge on any atom is 0.314 e. The highest BCUT2D eigenvalue weighted by molar-refractivity contribution is 8.05. The van der Waals surface area contributed by atoms with Crippen LogP contribution in [0.25, 0.3) is 0 Å². The van der Waals surface area contributed by atoms with Crippen LogP contribution in [-0.2, 0) is 29.5 Å². The quantitative estimate of drug-likeness (QED) is 0.0135. The van der Waals surface area contributed by atoms with Gasteiger partial charge in [0.25, 0.3) is 0 Å². The second-order valence-corrected chi connectivity index (χ2v) is 26.1. The first-order valence-corrected chi connectivity index (χ1v) is 32.3. The van der Waals surface area contributed by atoms with Crippen LogP contribution in [0.5, 0.6) is 0 Å². The van der Waals surface area contributed by atoms with Crippen LogP contribution in [0.1, 0.15) is 126 Å². The molecule has 4 unspecified atom stereocenters. The molecule has 0 saturated carbocycles. The van der Waals surface area contributed by atoms with Crippen LogP contribution in [0.3, 0.4) is 0 Å². The number of nitriles is 1. The van der Waals surface area contributed by atoms with Gasteiger partial charge < -0.3 is 34.5 Å². The van der Waals surface area contributed by atoms with E-state index in [0.29, 0.717) is 52.2 Å². The molecule has 85 heavy (non-hydrogen) atoms. The van der Waals surface area contributed by atoms with Crippen molar-refractivity contribution >= 4 is 63.9 Å². The van der Waals surface area contributed by atoms with E-state index < -0.39 is 17.3 Å². The highest BCUT2D eigenvalue weighted by atomic mass is 32.2. The number of methoxy groups -OCH3 is 1. The fourth-order valence-electron chi connectivity index (χ4n) is 10.2. The lowest BCUT2D eigenvalue weighted by molar-refractivity contribution is -0.405. The number of nitrogens with zero attached hydrogens (tertiary/aromatic N) is 5. The van der Waals surface area contributed by atoms with Crippen molar-refractivity contribution in [1.29, 1.82) is 5.26 Å². The number of aromatic nitrogens is 2. The Kier molecular flexibility index (Phi) is 28.2. The number of carbonyl (C=O) groups excluding carboxylic acids is 2. The Balaban J connectivity index is 1.09. The van der Waals surface area contributed by atoms with Gasteiger partial charge in [-0.15, -0.1) is 10.2 Å². The molecule has 13 nitrogen and oxygen atoms in total. The number of rotatable bonds is 33. The third-order valence-corrected chi connectivity index (χ3v) is 18.9. The second-order valence-electron chi connectivity index (χ2n) is 22.6. The Morgan fingerprint density at radius 3 is 2.27 bits per heavy atom. The molecule has 0 spiro atoms. The molecule has 454 valence electrons. The van der Waals surface area contributed by atoms with E-state index in [1.165, 1.54) is 49.7 Å². The fourth-order valence-corrected chi connectivity index (χ4v) is 13.4. The topological polar surface area (TPSA) is 151 Å². The summed E-state index contributed by atoms with van der Waals surface area (Å²) in [7, 11) is 5.90. The van der Waals surface area contributed by atoms with Gasteiger partial charge in [0, 0.05) is 73.3 Å². The zero-order valence-corrected chi connectivity index (χ0v) is 54.4. The van der Waals surface area contributed by atoms with Gasteiger partial charge in [0.05, 0.1) is 50.6 Å². The molecule has 4 aromatic carbocycles. The molecule has 4 atom stereocenters. The van der Waals surface area contributed by atoms with Gasteiger partial charge in [0.1, 0.15) is 13.7 Å². The number of thioether (sulfide) groups is 2. The van der Waals surface area contributed by atoms with Crippen LogP contribution >= 0.6 is 34.9 Å². The SMILES string of the molecule is COCCOCCOC(C)CCNC(=O)NCCOC(=O)C(C)(C)CC(C#N)CC(CC(C)c1ccccc1)c1ccc(CSc2nnc(SC3=C(/C=C/C(C)=[N+](\C)c4ccccc4C)CCC/C3=C\C=C(/C)N(C)c3ccccc3C)s2)cc1. The molecule has 1 heterocycles. The monoisotopic (exact) mass is 1210 g/mol. The summed E-state index contributed by atoms with van der Waals surface area (Å²) in [4.78, 5) is 29.5. The van der Waals surface area contributed by atoms with Gasteiger partial charge >= 0.3 is 12.0 Å². The van der Waals surface area contributed by atoms with Crippen molar-refractivity contribution in [3.63, 3.8) is 0 Å². The molecule has 1 aliphatic carbocycles. The average Bonchev–Trinajstić information content (AvgIpc) is 4.09. The number of urea groups is 1. The maximum absolute atomic E-state index is 13.5. The summed E-state index contributed by atoms with van der Waals surface area (Å²) in [5, 5.41) is 25.7. The van der Waals surface area contributed by atoms with Gasteiger partial charge in [-0.3, -0.25) is 4.79 Å². The minimum atomic E-state index is -0.925. The lowest BCUT2D eigenvalue weighted by atomic mass is 9.76. The molecule has 2 amide bonds. The highest BCUT2D eigenvalue weighted by Gasteiger charge is 2.34. The summed E-state index contributed by atoms with van der Waals surface area (Å²) >= 11 is 5.06. The van der Waals surface area contributed by atoms with Gasteiger partial charge in [-0.1, -0.05) is 145 Å². The molecule has 1 aliphatic rings. The molecule has 16 heteroatoms. The average molecular weight is 1210 g/mol. The minimum absolute atomic E-state index is 0.0190. The first kappa shape index (κ1) is 67.8. The lowest BCUT2D eigenvalue weighted by Crippen LogP contribution is -2.39. The van der Waals surface area contributed by atoms with Crippen molar-refractivity contribution in [1.82, 2.24) is 20.8 Å². The second kappa shape index (κ2) is 35.3. The summed E-state index contributed by atoms with van der Waals surface area (Å²) in [5.41, 5.74) is 12.4. The summed E-state index contributed by atoms with van der Waals surface area (Å²) in [6.07, 6.45) is 14.5. The standard InChI is InChI=1S/C69H89N7O6S3/c1-49-20-15-17-26-62(49)75(9)52(4)28-32-59-24-19-25-60(33-29-53(5)76(10)63-27-18-16-21-50(63)2)64(59)84-68-74-73-67(85-68)83-48-55-30-34-58(35-31-55)61(44-51(3)57-22-13-12-14-23-57)45-56(47-70)46-69(7,8)65(77)82-39-38-72-66(78)71-37-36-54(6)81-43-42-80-41-40-79-11/h12-18,20-23,26-35,51,54,56,61H,19,24-25,36-46,48H2,1-11H3,(H-,71,72,78)/p+1. The predicted octanol–water partition coefficient (Wildman–Crippen LogP) is 15.5. The van der Waals surface area contributed by atoms with Crippen LogP contribution in [0.15, 0.2) is 158 Å². The third kappa shape index (κ3) is 22.2. The first-order chi connectivity index (χ1) is 41.0. The molecule has 6 rings (SSSR count). The van der Waals surface area contributed by atoms with Crippen molar-refractivity contribution in [3.8, 4) is 6.07 Å². The van der Waals surface area contributed by atoms with E-state index in [2.05, 4.69) is 196 Å². The van der Waals surface area contributed by atoms with Crippen LogP contribution in [0.4, 0.5) is 16.2 Å². The van der Waals surface area contributed by atoms with Gasteiger partial charge in [0.15, 0.2) is 14.4 Å². The summed E-state index contributed by atoms with van der Waals surface area (Å²) in [6.45, 7) is 19.1. The molecule has 0 radical (unpaired) electrons. The first-order valence-electron chi connectivity index (χ1n) is 29.7. The van der Waals surface area contributed by atoms with Crippen molar-refractivity contribution in [2.75, 3.05) is 72.2 Å². The van der Waals surface area contributed by atoms with E-state index in [1.54, 1.807) is 42.0 Å². The number of ether oxygens (including phenoxy) is 4. The number of benzene rings is 4. The Bertz CT molecular complexity index is 3130. The number of hydrogen-bond donors (Lipinski definition) is 2. The fraction of sp³-hybridized carbons (Fsp3) is 0.449. The van der Waals surface area contributed by atoms with Gasteiger partial charge in [-0.05, 0) is 144 Å². The molecule has 5 aromatic rings. The number of aryl methyl sites for hydroxylation is 2. The van der Waals surface area contributed by atoms with Crippen molar-refractivity contribution in [2.24, 2.45) is 11.3 Å². The number of nitrogens with one attached hydrogen (secondary N) is 2. The summed E-state index contributed by atoms with van der Waals surface area (Å²) < 4.78 is 25.9. The number of anilines is 1. The number of para-hydroxylation sites is 2. The van der Waals surface area contributed by atoms with Gasteiger partial charge in [0.2, 0.25) is 5.69 Å². The maximum atomic E-state index is 13.5. The number of hydrogen-bond acceptors (Lipinski definition) is 13. The van der Waals surface area contributed by atoms with E-state index in [9.17, 15) is 14.9 Å². The van der Waals surface area contributed by atoms with Crippen LogP contribution < -0.4 is 15.5 Å². The summed E-state index contributed by atoms with van der Waals surface area (Å²) in [6, 6.07) is 38.5. The van der Waals surface area contributed by atoms with Crippen molar-refractivity contribution in [3.05, 3.63) is 177 Å². The van der Waals surface area contributed by atoms with E-state index in [-0.39, 0.29) is 37.1 Å². The van der Waals surface area contributed by atoms with E-state index >= 15 is 0 Å². The zero-order chi connectivity index (χ0) is 61.1. The number of amides is 2. The minimum Gasteiger partial charge on any atom is -0.463 e. The van der Waals surface area contributed by atoms with Gasteiger partial charge in [-0.2, -0.15) is 9.84 Å². The molecule has 1 aromatic heterocycles. The predicted molar refractivity (Wildman–Crippen MR) is 350 cm³/mol. The van der Waals surface area contributed by atoms with Gasteiger partial charge in [-0.25, -0.2) is 4.79 Å². The van der Waals surface area contributed by atoms with Crippen molar-refractivity contribution in [2.45, 2.75) is 133 Å². The molecule has 0 fully saturated rings. The Labute approximate surface area is 519 Å². The zero-order valence-electron chi connectivity index (χ0n) is 52.0. The van der Waals surface area contributed by atoms with Crippen molar-refractivity contribution < 1.29 is 33.1 Å². The molecular formula is C69H90N7O6S3+. The lowest BCUT2D eigenvalue weighted by Gasteiger charge is -2.28. The smallest absolute Gasteiger partial charge is 0.314 e. The Morgan fingerprint density at radius 2 is 1.54 bits per heavy atom. The van der Waals surface area contributed by atoms with E-state index in [0.717, 1.165) is 57.1 Å². The van der Waals surface area contributed by atoms with Crippen LogP contribution in [0, 0.1) is 36.5 Å². The molecule has 0 aliphatic heterocycles. The molecule has 0 bridgehead atoms. The highest BCUT2D eigenvalue weighted by Crippen LogP contribution is 2.44. The van der Waals surface area contributed by atoms with Crippen LogP contribution in [0.2, 0.25) is 0 Å². The number of carbonyl (C=O) groups is 2. The normalized spacial score (nSPS) is 15.3. The third-order valence-electron chi connectivity index (χ3n) is 15.5. The Morgan fingerprint density at radius 1 is 0.847 bits per heavy atom. The van der Waals surface area contributed by atoms with Crippen LogP contribution in [-0.4, -0.2) is 106 Å². The molecule has 2 N–H and O–H groups in total. The molecule has 0 saturated heterocycles. The Hall–Kier alpha value is -6.32.